The zero-order chi connectivity index (χ0) is 15.5. The van der Waals surface area contributed by atoms with E-state index in [2.05, 4.69) is 4.72 Å². The molecular weight excluding hydrogens is 320 g/mol. The quantitative estimate of drug-likeness (QED) is 0.852. The van der Waals surface area contributed by atoms with Gasteiger partial charge in [0.15, 0.2) is 11.6 Å². The number of halogens is 3. The molecule has 0 aliphatic rings. The molecule has 0 fully saturated rings. The number of anilines is 1. The molecule has 0 aliphatic heterocycles. The van der Waals surface area contributed by atoms with Gasteiger partial charge in [0.25, 0.3) is 10.0 Å². The minimum atomic E-state index is -3.85. The monoisotopic (exact) mass is 331 g/mol. The lowest BCUT2D eigenvalue weighted by Crippen LogP contribution is -2.13. The molecule has 0 saturated heterocycles. The highest BCUT2D eigenvalue weighted by atomic mass is 35.5. The topological polar surface area (TPSA) is 46.2 Å². The highest BCUT2D eigenvalue weighted by molar-refractivity contribution is 7.92. The molecule has 1 N–H and O–H groups in total. The number of hydrogen-bond acceptors (Lipinski definition) is 2. The second-order valence-corrected chi connectivity index (χ2v) is 6.38. The fraction of sp³-hybridized carbons (Fsp3) is 0.143. The number of aryl methyl sites for hydroxylation is 1. The molecule has 0 heterocycles. The number of benzene rings is 2. The van der Waals surface area contributed by atoms with E-state index in [-0.39, 0.29) is 10.6 Å². The Bertz CT molecular complexity index is 733. The predicted octanol–water partition coefficient (Wildman–Crippen LogP) is 3.55. The van der Waals surface area contributed by atoms with Crippen molar-refractivity contribution in [3.63, 3.8) is 0 Å². The van der Waals surface area contributed by atoms with Crippen LogP contribution >= 0.6 is 11.6 Å². The van der Waals surface area contributed by atoms with Crippen LogP contribution in [0.1, 0.15) is 5.56 Å². The summed E-state index contributed by atoms with van der Waals surface area (Å²) in [4.78, 5) is 0.0329. The summed E-state index contributed by atoms with van der Waals surface area (Å²) in [7, 11) is -3.85. The molecule has 0 bridgehead atoms. The molecule has 2 aromatic rings. The number of nitrogens with one attached hydrogen (secondary N) is 1. The first kappa shape index (κ1) is 15.7. The van der Waals surface area contributed by atoms with E-state index in [1.54, 1.807) is 12.1 Å². The fourth-order valence-corrected chi connectivity index (χ4v) is 2.99. The molecule has 2 aromatic carbocycles. The van der Waals surface area contributed by atoms with E-state index in [1.165, 1.54) is 12.1 Å². The van der Waals surface area contributed by atoms with Crippen LogP contribution in [0.25, 0.3) is 0 Å². The Labute approximate surface area is 126 Å². The zero-order valence-corrected chi connectivity index (χ0v) is 12.4. The molecule has 0 saturated carbocycles. The van der Waals surface area contributed by atoms with Gasteiger partial charge in [0.1, 0.15) is 0 Å². The maximum Gasteiger partial charge on any atom is 0.261 e. The Hall–Kier alpha value is -1.66. The van der Waals surface area contributed by atoms with E-state index in [0.717, 1.165) is 23.8 Å². The van der Waals surface area contributed by atoms with Crippen LogP contribution in [0.2, 0.25) is 0 Å². The highest BCUT2D eigenvalue weighted by Crippen LogP contribution is 2.19. The van der Waals surface area contributed by atoms with Crippen LogP contribution in [0.15, 0.2) is 47.4 Å². The number of sulfonamides is 1. The summed E-state index contributed by atoms with van der Waals surface area (Å²) in [6.45, 7) is 0. The summed E-state index contributed by atoms with van der Waals surface area (Å²) in [6.07, 6.45) is 0.637. The molecule has 21 heavy (non-hydrogen) atoms. The van der Waals surface area contributed by atoms with E-state index in [1.807, 2.05) is 0 Å². The van der Waals surface area contributed by atoms with Crippen LogP contribution in [-0.2, 0) is 16.4 Å². The van der Waals surface area contributed by atoms with Gasteiger partial charge in [-0.05, 0) is 36.2 Å². The molecule has 0 atom stereocenters. The van der Waals surface area contributed by atoms with Crippen LogP contribution in [0, 0.1) is 11.6 Å². The Kier molecular flexibility index (Phi) is 4.80. The molecule has 0 radical (unpaired) electrons. The first-order chi connectivity index (χ1) is 9.92. The van der Waals surface area contributed by atoms with Crippen molar-refractivity contribution in [3.05, 3.63) is 59.7 Å². The number of alkyl halides is 1. The van der Waals surface area contributed by atoms with Gasteiger partial charge in [0.2, 0.25) is 0 Å². The highest BCUT2D eigenvalue weighted by Gasteiger charge is 2.15. The second-order valence-electron chi connectivity index (χ2n) is 4.32. The molecule has 0 aliphatic carbocycles. The van der Waals surface area contributed by atoms with Gasteiger partial charge in [0, 0.05) is 11.9 Å². The summed E-state index contributed by atoms with van der Waals surface area (Å²) >= 11 is 5.60. The smallest absolute Gasteiger partial charge is 0.261 e. The number of hydrogen-bond donors (Lipinski definition) is 1. The van der Waals surface area contributed by atoms with Gasteiger partial charge in [-0.3, -0.25) is 4.72 Å². The Morgan fingerprint density at radius 1 is 1.00 bits per heavy atom. The maximum absolute atomic E-state index is 13.1. The minimum Gasteiger partial charge on any atom is -0.280 e. The van der Waals surface area contributed by atoms with E-state index in [0.29, 0.717) is 12.3 Å². The normalized spacial score (nSPS) is 11.4. The summed E-state index contributed by atoms with van der Waals surface area (Å²) in [5, 5.41) is 0. The third kappa shape index (κ3) is 3.92. The third-order valence-corrected chi connectivity index (χ3v) is 4.37. The van der Waals surface area contributed by atoms with Crippen molar-refractivity contribution in [1.82, 2.24) is 0 Å². The molecular formula is C14H12ClF2NO2S. The Morgan fingerprint density at radius 3 is 2.24 bits per heavy atom. The van der Waals surface area contributed by atoms with Crippen molar-refractivity contribution >= 4 is 27.3 Å². The summed E-state index contributed by atoms with van der Waals surface area (Å²) in [5.74, 6) is -1.71. The minimum absolute atomic E-state index is 0.0329. The van der Waals surface area contributed by atoms with Gasteiger partial charge >= 0.3 is 0 Å². The summed E-state index contributed by atoms with van der Waals surface area (Å²) in [5.41, 5.74) is 0.871. The lowest BCUT2D eigenvalue weighted by molar-refractivity contribution is 0.509. The van der Waals surface area contributed by atoms with Crippen molar-refractivity contribution in [2.75, 3.05) is 10.6 Å². The second kappa shape index (κ2) is 6.41. The average molecular weight is 332 g/mol. The van der Waals surface area contributed by atoms with Crippen molar-refractivity contribution in [3.8, 4) is 0 Å². The lowest BCUT2D eigenvalue weighted by atomic mass is 10.2. The standard InChI is InChI=1S/C14H12ClF2NO2S/c15-8-7-10-1-4-12(5-2-10)21(19,20)18-11-3-6-13(16)14(17)9-11/h1-6,9,18H,7-8H2. The van der Waals surface area contributed by atoms with Gasteiger partial charge in [-0.25, -0.2) is 17.2 Å². The van der Waals surface area contributed by atoms with Crippen LogP contribution in [0.5, 0.6) is 0 Å². The molecule has 112 valence electrons. The van der Waals surface area contributed by atoms with Crippen LogP contribution in [0.4, 0.5) is 14.5 Å². The molecule has 3 nitrogen and oxygen atoms in total. The van der Waals surface area contributed by atoms with Crippen LogP contribution < -0.4 is 4.72 Å². The van der Waals surface area contributed by atoms with Gasteiger partial charge < -0.3 is 0 Å². The maximum atomic E-state index is 13.1. The molecule has 0 amide bonds. The summed E-state index contributed by atoms with van der Waals surface area (Å²) < 4.78 is 52.3. The molecule has 0 unspecified atom stereocenters. The van der Waals surface area contributed by atoms with Crippen molar-refractivity contribution in [1.29, 1.82) is 0 Å². The zero-order valence-electron chi connectivity index (χ0n) is 10.8. The van der Waals surface area contributed by atoms with Crippen molar-refractivity contribution in [2.24, 2.45) is 0 Å². The Balaban J connectivity index is 2.23. The van der Waals surface area contributed by atoms with E-state index in [9.17, 15) is 17.2 Å². The van der Waals surface area contributed by atoms with Crippen LogP contribution in [-0.4, -0.2) is 14.3 Å². The fourth-order valence-electron chi connectivity index (χ4n) is 1.72. The predicted molar refractivity (Wildman–Crippen MR) is 78.0 cm³/mol. The van der Waals surface area contributed by atoms with E-state index >= 15 is 0 Å². The van der Waals surface area contributed by atoms with Gasteiger partial charge in [-0.15, -0.1) is 11.6 Å². The van der Waals surface area contributed by atoms with Crippen molar-refractivity contribution < 1.29 is 17.2 Å². The first-order valence-corrected chi connectivity index (χ1v) is 8.07. The average Bonchev–Trinajstić information content (AvgIpc) is 2.44. The number of rotatable bonds is 5. The third-order valence-electron chi connectivity index (χ3n) is 2.79. The van der Waals surface area contributed by atoms with Gasteiger partial charge in [-0.2, -0.15) is 0 Å². The largest absolute Gasteiger partial charge is 0.280 e. The lowest BCUT2D eigenvalue weighted by Gasteiger charge is -2.09. The van der Waals surface area contributed by atoms with Crippen molar-refractivity contribution in [2.45, 2.75) is 11.3 Å². The molecule has 7 heteroatoms. The van der Waals surface area contributed by atoms with Crippen LogP contribution in [0.3, 0.4) is 0 Å². The van der Waals surface area contributed by atoms with Gasteiger partial charge in [-0.1, -0.05) is 12.1 Å². The van der Waals surface area contributed by atoms with Gasteiger partial charge in [0.05, 0.1) is 10.6 Å². The molecule has 2 rings (SSSR count). The molecule has 0 aromatic heterocycles. The van der Waals surface area contributed by atoms with E-state index < -0.39 is 21.7 Å². The first-order valence-electron chi connectivity index (χ1n) is 6.05. The SMILES string of the molecule is O=S(=O)(Nc1ccc(F)c(F)c1)c1ccc(CCCl)cc1. The van der Waals surface area contributed by atoms with E-state index in [4.69, 9.17) is 11.6 Å². The summed E-state index contributed by atoms with van der Waals surface area (Å²) in [6, 6.07) is 8.97. The molecule has 0 spiro atoms. The Morgan fingerprint density at radius 2 is 1.67 bits per heavy atom.